The summed E-state index contributed by atoms with van der Waals surface area (Å²) in [7, 11) is 0. The van der Waals surface area contributed by atoms with Crippen LogP contribution in [0.2, 0.25) is 5.28 Å². The smallest absolute Gasteiger partial charge is 0.279 e. The van der Waals surface area contributed by atoms with Crippen molar-refractivity contribution >= 4 is 51.7 Å². The molecule has 0 aromatic carbocycles. The van der Waals surface area contributed by atoms with Gasteiger partial charge in [-0.3, -0.25) is 25.0 Å². The second-order valence-electron chi connectivity index (χ2n) is 8.58. The average Bonchev–Trinajstić information content (AvgIpc) is 3.54. The summed E-state index contributed by atoms with van der Waals surface area (Å²) in [5, 5.41) is 4.54. The number of carbonyl (C=O) groups excluding carboxylic acids is 2. The highest BCUT2D eigenvalue weighted by Gasteiger charge is 2.58. The van der Waals surface area contributed by atoms with Gasteiger partial charge in [-0.1, -0.05) is 0 Å². The number of thiophene rings is 1. The molecular weight excluding hydrogens is 498 g/mol. The Hall–Kier alpha value is -2.84. The third kappa shape index (κ3) is 4.34. The van der Waals surface area contributed by atoms with Crippen molar-refractivity contribution in [2.24, 2.45) is 0 Å². The van der Waals surface area contributed by atoms with Crippen LogP contribution in [0.3, 0.4) is 0 Å². The number of hydrogen-bond donors (Lipinski definition) is 3. The minimum absolute atomic E-state index is 0.0675. The minimum Gasteiger partial charge on any atom is -0.354 e. The summed E-state index contributed by atoms with van der Waals surface area (Å²) < 4.78 is 19.8. The van der Waals surface area contributed by atoms with Gasteiger partial charge in [0.15, 0.2) is 35.1 Å². The maximum absolute atomic E-state index is 12.7. The van der Waals surface area contributed by atoms with Crippen LogP contribution < -0.4 is 16.2 Å². The third-order valence-corrected chi connectivity index (χ3v) is 6.85. The van der Waals surface area contributed by atoms with Crippen molar-refractivity contribution in [3.8, 4) is 0 Å². The first-order chi connectivity index (χ1) is 16.7. The zero-order valence-corrected chi connectivity index (χ0v) is 20.9. The molecule has 5 heterocycles. The highest BCUT2D eigenvalue weighted by molar-refractivity contribution is 7.12. The first kappa shape index (κ1) is 23.9. The van der Waals surface area contributed by atoms with E-state index in [1.807, 2.05) is 25.3 Å². The quantitative estimate of drug-likeness (QED) is 0.328. The fourth-order valence-electron chi connectivity index (χ4n) is 4.23. The fraction of sp³-hybridized carbons (Fsp3) is 0.476. The number of halogens is 1. The van der Waals surface area contributed by atoms with Gasteiger partial charge in [0.05, 0.1) is 11.2 Å². The number of carbonyl (C=O) groups is 2. The Bertz CT molecular complexity index is 1290. The largest absolute Gasteiger partial charge is 0.354 e. The molecule has 35 heavy (non-hydrogen) atoms. The van der Waals surface area contributed by atoms with Crippen molar-refractivity contribution in [3.63, 3.8) is 0 Å². The highest BCUT2D eigenvalue weighted by atomic mass is 35.5. The molecule has 3 N–H and O–H groups in total. The molecule has 186 valence electrons. The number of aromatic nitrogens is 4. The van der Waals surface area contributed by atoms with Crippen molar-refractivity contribution in [2.45, 2.75) is 58.0 Å². The second-order valence-corrected chi connectivity index (χ2v) is 9.84. The molecule has 0 radical (unpaired) electrons. The highest BCUT2D eigenvalue weighted by Crippen LogP contribution is 2.44. The number of likely N-dealkylation sites (N-methyl/N-ethyl adjacent to an activating group) is 1. The maximum Gasteiger partial charge on any atom is 0.279 e. The number of ether oxygens (including phenoxy) is 3. The Balaban J connectivity index is 1.45. The molecular formula is C21H24ClN7O5S. The van der Waals surface area contributed by atoms with Gasteiger partial charge in [0.1, 0.15) is 12.2 Å². The first-order valence-corrected chi connectivity index (χ1v) is 12.2. The van der Waals surface area contributed by atoms with E-state index in [-0.39, 0.29) is 22.9 Å². The van der Waals surface area contributed by atoms with Crippen LogP contribution in [0.1, 0.15) is 42.2 Å². The zero-order chi connectivity index (χ0) is 24.9. The van der Waals surface area contributed by atoms with Gasteiger partial charge in [-0.05, 0) is 56.3 Å². The molecule has 5 rings (SSSR count). The number of amides is 2. The number of aryl methyl sites for hydroxylation is 1. The molecule has 4 atom stereocenters. The van der Waals surface area contributed by atoms with Crippen molar-refractivity contribution in [3.05, 3.63) is 33.5 Å². The lowest BCUT2D eigenvalue weighted by Gasteiger charge is -2.24. The minimum atomic E-state index is -0.901. The number of imidazole rings is 1. The molecule has 14 heteroatoms. The molecule has 0 saturated carbocycles. The Labute approximate surface area is 209 Å². The van der Waals surface area contributed by atoms with Gasteiger partial charge < -0.3 is 19.5 Å². The molecule has 0 spiro atoms. The standard InChI is InChI=1S/C21H24ClN7O5S/c1-5-23-17(30)12-11-13(34-21(3,4)33-11)19(32-12)29-8-24-10-15(25-20(22)26-16(10)29)27-28-18(31)14-9(2)6-7-35-14/h6-8,11-13,19H,5H2,1-4H3,(H,23,30)(H,28,31)(H,25,26,27)/t11-,12+,13-,19-/m1/s1. The number of nitrogens with one attached hydrogen (secondary N) is 3. The number of hydrazine groups is 1. The summed E-state index contributed by atoms with van der Waals surface area (Å²) >= 11 is 7.53. The molecule has 2 amide bonds. The molecule has 0 unspecified atom stereocenters. The van der Waals surface area contributed by atoms with Gasteiger partial charge >= 0.3 is 0 Å². The Morgan fingerprint density at radius 2 is 2.03 bits per heavy atom. The van der Waals surface area contributed by atoms with E-state index in [9.17, 15) is 9.59 Å². The molecule has 2 fully saturated rings. The second kappa shape index (κ2) is 8.99. The summed E-state index contributed by atoms with van der Waals surface area (Å²) in [6.07, 6.45) is -1.36. The topological polar surface area (TPSA) is 142 Å². The normalized spacial score (nSPS) is 24.9. The van der Waals surface area contributed by atoms with E-state index in [0.717, 1.165) is 5.56 Å². The van der Waals surface area contributed by atoms with Crippen LogP contribution in [0.5, 0.6) is 0 Å². The fourth-order valence-corrected chi connectivity index (χ4v) is 5.21. The third-order valence-electron chi connectivity index (χ3n) is 5.67. The van der Waals surface area contributed by atoms with Crippen molar-refractivity contribution in [2.75, 3.05) is 12.0 Å². The van der Waals surface area contributed by atoms with Crippen LogP contribution in [0, 0.1) is 6.92 Å². The lowest BCUT2D eigenvalue weighted by Crippen LogP contribution is -2.42. The summed E-state index contributed by atoms with van der Waals surface area (Å²) in [6, 6.07) is 1.86. The number of anilines is 1. The van der Waals surface area contributed by atoms with Gasteiger partial charge in [0, 0.05) is 6.54 Å². The summed E-state index contributed by atoms with van der Waals surface area (Å²) in [6.45, 7) is 7.69. The van der Waals surface area contributed by atoms with E-state index in [1.165, 1.54) is 17.7 Å². The SMILES string of the molecule is CCNC(=O)[C@H]1O[C@@H](n2cnc3c(NNC(=O)c4sccc4C)nc(Cl)nc32)[C@@H]2OC(C)(C)O[C@@H]21. The number of hydrogen-bond acceptors (Lipinski definition) is 10. The molecule has 12 nitrogen and oxygen atoms in total. The lowest BCUT2D eigenvalue weighted by molar-refractivity contribution is -0.197. The van der Waals surface area contributed by atoms with E-state index in [1.54, 1.807) is 18.4 Å². The summed E-state index contributed by atoms with van der Waals surface area (Å²) in [5.41, 5.74) is 6.95. The van der Waals surface area contributed by atoms with E-state index in [0.29, 0.717) is 22.6 Å². The van der Waals surface area contributed by atoms with Crippen LogP contribution in [-0.2, 0) is 19.0 Å². The van der Waals surface area contributed by atoms with E-state index < -0.39 is 30.3 Å². The van der Waals surface area contributed by atoms with Crippen LogP contribution in [-0.4, -0.2) is 62.0 Å². The van der Waals surface area contributed by atoms with Crippen LogP contribution >= 0.6 is 22.9 Å². The van der Waals surface area contributed by atoms with Gasteiger partial charge in [0.2, 0.25) is 5.28 Å². The molecule has 0 aliphatic carbocycles. The average molecular weight is 522 g/mol. The molecule has 3 aromatic heterocycles. The predicted molar refractivity (Wildman–Crippen MR) is 127 cm³/mol. The predicted octanol–water partition coefficient (Wildman–Crippen LogP) is 2.16. The van der Waals surface area contributed by atoms with Crippen molar-refractivity contribution < 1.29 is 23.8 Å². The summed E-state index contributed by atoms with van der Waals surface area (Å²) in [5.74, 6) is -1.30. The monoisotopic (exact) mass is 521 g/mol. The lowest BCUT2D eigenvalue weighted by atomic mass is 10.1. The van der Waals surface area contributed by atoms with Crippen molar-refractivity contribution in [1.29, 1.82) is 0 Å². The number of nitrogens with zero attached hydrogens (tertiary/aromatic N) is 4. The maximum atomic E-state index is 12.7. The van der Waals surface area contributed by atoms with Gasteiger partial charge in [-0.15, -0.1) is 11.3 Å². The zero-order valence-electron chi connectivity index (χ0n) is 19.4. The summed E-state index contributed by atoms with van der Waals surface area (Å²) in [4.78, 5) is 38.7. The van der Waals surface area contributed by atoms with Crippen molar-refractivity contribution in [1.82, 2.24) is 30.3 Å². The van der Waals surface area contributed by atoms with E-state index in [2.05, 4.69) is 31.1 Å². The van der Waals surface area contributed by atoms with Crippen LogP contribution in [0.4, 0.5) is 5.82 Å². The van der Waals surface area contributed by atoms with Gasteiger partial charge in [-0.25, -0.2) is 4.98 Å². The molecule has 2 aliphatic rings. The molecule has 2 saturated heterocycles. The Morgan fingerprint density at radius 3 is 2.74 bits per heavy atom. The van der Waals surface area contributed by atoms with Gasteiger partial charge in [-0.2, -0.15) is 9.97 Å². The van der Waals surface area contributed by atoms with E-state index in [4.69, 9.17) is 25.8 Å². The first-order valence-electron chi connectivity index (χ1n) is 11.0. The molecule has 0 bridgehead atoms. The van der Waals surface area contributed by atoms with Crippen LogP contribution in [0.25, 0.3) is 11.2 Å². The van der Waals surface area contributed by atoms with Crippen LogP contribution in [0.15, 0.2) is 17.8 Å². The van der Waals surface area contributed by atoms with E-state index >= 15 is 0 Å². The molecule has 2 aliphatic heterocycles. The number of fused-ring (bicyclic) bond motifs is 2. The van der Waals surface area contributed by atoms with Gasteiger partial charge in [0.25, 0.3) is 11.8 Å². The Kier molecular flexibility index (Phi) is 6.13. The molecule has 3 aromatic rings. The number of rotatable bonds is 6. The Morgan fingerprint density at radius 1 is 1.26 bits per heavy atom.